The highest BCUT2D eigenvalue weighted by Gasteiger charge is 2.22. The lowest BCUT2D eigenvalue weighted by atomic mass is 9.94. The van der Waals surface area contributed by atoms with Gasteiger partial charge < -0.3 is 8.98 Å². The van der Waals surface area contributed by atoms with Crippen LogP contribution >= 0.6 is 0 Å². The molecule has 13 aromatic rings. The van der Waals surface area contributed by atoms with Crippen LogP contribution in [0.15, 0.2) is 223 Å². The minimum absolute atomic E-state index is 0.131. The maximum atomic E-state index is 9.84. The second-order valence-electron chi connectivity index (χ2n) is 15.5. The normalized spacial score (nSPS) is 14.4. The van der Waals surface area contributed by atoms with E-state index in [0.29, 0.717) is 39.2 Å². The quantitative estimate of drug-likeness (QED) is 0.157. The van der Waals surface area contributed by atoms with Gasteiger partial charge in [-0.3, -0.25) is 0 Å². The summed E-state index contributed by atoms with van der Waals surface area (Å²) in [4.78, 5) is 15.4. The molecule has 0 unspecified atom stereocenters. The van der Waals surface area contributed by atoms with Gasteiger partial charge >= 0.3 is 0 Å². The minimum atomic E-state index is -0.709. The zero-order valence-corrected chi connectivity index (χ0v) is 33.6. The van der Waals surface area contributed by atoms with Crippen molar-refractivity contribution in [3.63, 3.8) is 0 Å². The number of hydrogen-bond acceptors (Lipinski definition) is 4. The smallest absolute Gasteiger partial charge is 0.166 e. The van der Waals surface area contributed by atoms with Crippen LogP contribution in [0.3, 0.4) is 0 Å². The summed E-state index contributed by atoms with van der Waals surface area (Å²) in [5.74, 6) is 0.704. The highest BCUT2D eigenvalue weighted by Crippen LogP contribution is 2.41. The van der Waals surface area contributed by atoms with Crippen LogP contribution < -0.4 is 0 Å². The molecule has 0 saturated carbocycles. The van der Waals surface area contributed by atoms with Crippen LogP contribution in [0.2, 0.25) is 0 Å². The van der Waals surface area contributed by atoms with Gasteiger partial charge in [0.2, 0.25) is 0 Å². The van der Waals surface area contributed by atoms with Gasteiger partial charge in [0.25, 0.3) is 0 Å². The Hall–Kier alpha value is -8.67. The molecule has 5 heteroatoms. The minimum Gasteiger partial charge on any atom is -0.456 e. The fraction of sp³-hybridized carbons (Fsp3) is 0. The monoisotopic (exact) mass is 828 g/mol. The molecule has 0 aliphatic carbocycles. The van der Waals surface area contributed by atoms with Gasteiger partial charge in [0.15, 0.2) is 17.5 Å². The fourth-order valence-corrected chi connectivity index (χ4v) is 8.76. The molecule has 298 valence electrons. The largest absolute Gasteiger partial charge is 0.456 e. The number of aromatic nitrogens is 4. The molecule has 0 bridgehead atoms. The van der Waals surface area contributed by atoms with Crippen LogP contribution in [0.5, 0.6) is 0 Å². The lowest BCUT2D eigenvalue weighted by molar-refractivity contribution is 0.669. The molecule has 0 atom stereocenters. The van der Waals surface area contributed by atoms with Crippen LogP contribution in [0.1, 0.15) is 16.4 Å². The molecule has 3 heterocycles. The van der Waals surface area contributed by atoms with Crippen molar-refractivity contribution in [2.45, 2.75) is 0 Å². The van der Waals surface area contributed by atoms with E-state index >= 15 is 0 Å². The molecule has 0 fully saturated rings. The van der Waals surface area contributed by atoms with Crippen LogP contribution in [0, 0.1) is 0 Å². The lowest BCUT2D eigenvalue weighted by Gasteiger charge is -2.17. The van der Waals surface area contributed by atoms with Crippen molar-refractivity contribution in [3.05, 3.63) is 218 Å². The molecule has 64 heavy (non-hydrogen) atoms. The van der Waals surface area contributed by atoms with E-state index in [1.807, 2.05) is 121 Å². The SMILES string of the molecule is [2H]c1c([2H])c([2H])c(-c2c([2H])c([2H])c3c(c2[2H])c2c([2H])c([2H])c([2H])c([2H])c2n3-c2ccc(-c3cccc4cc5ccccc5cc34)cc2-c2nc(-c3ccccc3)nc(-c3ccc4c(c3)oc3ccccc34)n2)c([2H])c1[2H]. The molecule has 0 aliphatic rings. The van der Waals surface area contributed by atoms with Crippen molar-refractivity contribution in [2.75, 3.05) is 0 Å². The fourth-order valence-electron chi connectivity index (χ4n) is 8.76. The van der Waals surface area contributed by atoms with E-state index in [0.717, 1.165) is 37.9 Å². The Kier molecular flexibility index (Phi) is 5.87. The molecule has 5 nitrogen and oxygen atoms in total. The first kappa shape index (κ1) is 26.0. The summed E-state index contributed by atoms with van der Waals surface area (Å²) in [5, 5.41) is 5.48. The predicted molar refractivity (Wildman–Crippen MR) is 264 cm³/mol. The van der Waals surface area contributed by atoms with E-state index < -0.39 is 83.6 Å². The number of hydrogen-bond donors (Lipinski definition) is 0. The first-order valence-corrected chi connectivity index (χ1v) is 20.6. The topological polar surface area (TPSA) is 56.7 Å². The number of fused-ring (bicyclic) bond motifs is 8. The van der Waals surface area contributed by atoms with Gasteiger partial charge in [-0.15, -0.1) is 0 Å². The van der Waals surface area contributed by atoms with Crippen LogP contribution in [0.4, 0.5) is 0 Å². The van der Waals surface area contributed by atoms with E-state index in [1.165, 1.54) is 4.57 Å². The van der Waals surface area contributed by atoms with Crippen molar-refractivity contribution in [2.24, 2.45) is 0 Å². The Labute approximate surface area is 385 Å². The lowest BCUT2D eigenvalue weighted by Crippen LogP contribution is -2.04. The Morgan fingerprint density at radius 2 is 1.08 bits per heavy atom. The third kappa shape index (κ3) is 5.90. The molecule has 0 spiro atoms. The summed E-state index contributed by atoms with van der Waals surface area (Å²) in [6.45, 7) is 0. The van der Waals surface area contributed by atoms with E-state index in [-0.39, 0.29) is 39.1 Å². The average molecular weight is 829 g/mol. The third-order valence-electron chi connectivity index (χ3n) is 11.7. The van der Waals surface area contributed by atoms with Gasteiger partial charge in [0, 0.05) is 38.2 Å². The van der Waals surface area contributed by atoms with E-state index in [2.05, 4.69) is 18.2 Å². The maximum absolute atomic E-state index is 9.84. The molecule has 3 aromatic heterocycles. The van der Waals surface area contributed by atoms with Crippen LogP contribution in [-0.4, -0.2) is 19.5 Å². The van der Waals surface area contributed by atoms with Gasteiger partial charge in [-0.2, -0.15) is 0 Å². The maximum Gasteiger partial charge on any atom is 0.166 e. The van der Waals surface area contributed by atoms with E-state index in [1.54, 1.807) is 6.07 Å². The predicted octanol–water partition coefficient (Wildman–Crippen LogP) is 15.5. The number of para-hydroxylation sites is 2. The van der Waals surface area contributed by atoms with Gasteiger partial charge in [-0.05, 0) is 104 Å². The molecule has 0 saturated heterocycles. The summed E-state index contributed by atoms with van der Waals surface area (Å²) in [6, 6.07) is 39.1. The summed E-state index contributed by atoms with van der Waals surface area (Å²) < 4.78 is 117. The van der Waals surface area contributed by atoms with Crippen molar-refractivity contribution < 1.29 is 20.9 Å². The highest BCUT2D eigenvalue weighted by atomic mass is 16.3. The van der Waals surface area contributed by atoms with Gasteiger partial charge in [0.1, 0.15) is 11.2 Å². The summed E-state index contributed by atoms with van der Waals surface area (Å²) >= 11 is 0. The third-order valence-corrected chi connectivity index (χ3v) is 11.7. The van der Waals surface area contributed by atoms with Crippen LogP contribution in [-0.2, 0) is 0 Å². The molecule has 0 radical (unpaired) electrons. The zero-order valence-electron chi connectivity index (χ0n) is 45.6. The molecule has 13 rings (SSSR count). The van der Waals surface area contributed by atoms with Gasteiger partial charge in [0.05, 0.1) is 33.2 Å². The average Bonchev–Trinajstić information content (AvgIpc) is 4.24. The molecule has 0 N–H and O–H groups in total. The summed E-state index contributed by atoms with van der Waals surface area (Å²) in [6.07, 6.45) is 0. The highest BCUT2D eigenvalue weighted by molar-refractivity contribution is 6.12. The second-order valence-corrected chi connectivity index (χ2v) is 15.5. The van der Waals surface area contributed by atoms with E-state index in [4.69, 9.17) is 29.0 Å². The number of nitrogens with zero attached hydrogens (tertiary/aromatic N) is 4. The Bertz CT molecular complexity index is 4660. The molecule has 0 aliphatic heterocycles. The standard InChI is InChI=1S/C59H36N4O/c1-3-14-37(15-4-1)41-27-30-53-50(34-41)46-21-9-11-24-52(46)63(53)54-31-28-43(45-23-13-20-42-32-39-18-7-8-19-40(39)33-49(42)45)35-51(54)59-61-57(38-16-5-2-6-17-38)60-58(62-59)44-26-29-48-47-22-10-12-25-55(47)64-56(48)36-44/h1-36H/i1D,3D,4D,9D,11D,14D,15D,21D,24D,27D,30D,34D. The number of benzene rings is 10. The Balaban J connectivity index is 1.17. The van der Waals surface area contributed by atoms with Crippen molar-refractivity contribution in [3.8, 4) is 62.1 Å². The van der Waals surface area contributed by atoms with Crippen LogP contribution in [0.25, 0.3) is 127 Å². The number of rotatable bonds is 6. The molecular weight excluding hydrogens is 781 g/mol. The molecule has 10 aromatic carbocycles. The van der Waals surface area contributed by atoms with Crippen molar-refractivity contribution in [1.82, 2.24) is 19.5 Å². The molecular formula is C59H36N4O. The van der Waals surface area contributed by atoms with Crippen molar-refractivity contribution in [1.29, 1.82) is 0 Å². The number of furan rings is 1. The Morgan fingerprint density at radius 1 is 0.375 bits per heavy atom. The van der Waals surface area contributed by atoms with E-state index in [9.17, 15) is 6.85 Å². The first-order valence-electron chi connectivity index (χ1n) is 26.6. The van der Waals surface area contributed by atoms with Gasteiger partial charge in [-0.25, -0.2) is 15.0 Å². The first-order chi connectivity index (χ1) is 36.7. The second kappa shape index (κ2) is 14.5. The summed E-state index contributed by atoms with van der Waals surface area (Å²) in [5.41, 5.74) is 3.42. The van der Waals surface area contributed by atoms with Gasteiger partial charge in [-0.1, -0.05) is 158 Å². The Morgan fingerprint density at radius 3 is 1.97 bits per heavy atom. The summed E-state index contributed by atoms with van der Waals surface area (Å²) in [7, 11) is 0. The molecule has 0 amide bonds. The zero-order chi connectivity index (χ0) is 52.6. The van der Waals surface area contributed by atoms with Crippen molar-refractivity contribution >= 4 is 65.3 Å².